The van der Waals surface area contributed by atoms with Crippen LogP contribution in [0.4, 0.5) is 0 Å². The molecule has 21 heavy (non-hydrogen) atoms. The average Bonchev–Trinajstić information content (AvgIpc) is 2.36. The van der Waals surface area contributed by atoms with Gasteiger partial charge in [-0.1, -0.05) is 43.7 Å². The molecule has 0 aliphatic carbocycles. The molecule has 0 spiro atoms. The van der Waals surface area contributed by atoms with Gasteiger partial charge in [0.25, 0.3) is 0 Å². The zero-order valence-corrected chi connectivity index (χ0v) is 12.7. The van der Waals surface area contributed by atoms with Gasteiger partial charge in [-0.15, -0.1) is 0 Å². The van der Waals surface area contributed by atoms with Crippen LogP contribution in [-0.4, -0.2) is 34.2 Å². The Hall–Kier alpha value is -1.88. The minimum atomic E-state index is -1.18. The van der Waals surface area contributed by atoms with E-state index in [9.17, 15) is 19.8 Å². The number of aliphatic hydroxyl groups excluding tert-OH is 1. The van der Waals surface area contributed by atoms with Gasteiger partial charge >= 0.3 is 5.97 Å². The Morgan fingerprint density at radius 3 is 2.48 bits per heavy atom. The van der Waals surface area contributed by atoms with Crippen molar-refractivity contribution in [2.24, 2.45) is 5.92 Å². The van der Waals surface area contributed by atoms with Crippen molar-refractivity contribution in [2.45, 2.75) is 45.8 Å². The van der Waals surface area contributed by atoms with E-state index in [2.05, 4.69) is 5.32 Å². The highest BCUT2D eigenvalue weighted by Gasteiger charge is 2.24. The summed E-state index contributed by atoms with van der Waals surface area (Å²) in [6.07, 6.45) is -0.677. The molecule has 0 unspecified atom stereocenters. The first-order valence-corrected chi connectivity index (χ1v) is 7.06. The third-order valence-corrected chi connectivity index (χ3v) is 3.13. The second-order valence-corrected chi connectivity index (χ2v) is 5.74. The fourth-order valence-electron chi connectivity index (χ4n) is 2.10. The molecule has 0 radical (unpaired) electrons. The first-order valence-electron chi connectivity index (χ1n) is 7.06. The molecule has 1 amide bonds. The highest BCUT2D eigenvalue weighted by molar-refractivity contribution is 5.86. The molecule has 0 fully saturated rings. The Morgan fingerprint density at radius 1 is 1.29 bits per heavy atom. The molecule has 1 aromatic rings. The Bertz CT molecular complexity index is 499. The molecule has 1 rings (SSSR count). The van der Waals surface area contributed by atoms with Crippen LogP contribution in [-0.2, 0) is 16.0 Å². The molecule has 0 aliphatic heterocycles. The van der Waals surface area contributed by atoms with E-state index in [-0.39, 0.29) is 12.3 Å². The van der Waals surface area contributed by atoms with Crippen molar-refractivity contribution >= 4 is 11.9 Å². The number of carbonyl (C=O) groups excluding carboxylic acids is 1. The number of aryl methyl sites for hydroxylation is 1. The van der Waals surface area contributed by atoms with Crippen LogP contribution < -0.4 is 5.32 Å². The van der Waals surface area contributed by atoms with Gasteiger partial charge in [0, 0.05) is 6.42 Å². The summed E-state index contributed by atoms with van der Waals surface area (Å²) < 4.78 is 0. The maximum absolute atomic E-state index is 11.8. The lowest BCUT2D eigenvalue weighted by Crippen LogP contribution is -2.46. The molecule has 5 nitrogen and oxygen atoms in total. The van der Waals surface area contributed by atoms with E-state index in [4.69, 9.17) is 0 Å². The summed E-state index contributed by atoms with van der Waals surface area (Å²) in [4.78, 5) is 23.1. The fraction of sp³-hybridized carbons (Fsp3) is 0.500. The summed E-state index contributed by atoms with van der Waals surface area (Å²) in [5.41, 5.74) is 1.86. The Morgan fingerprint density at radius 2 is 1.95 bits per heavy atom. The van der Waals surface area contributed by atoms with Crippen LogP contribution in [0.25, 0.3) is 0 Å². The number of benzene rings is 1. The van der Waals surface area contributed by atoms with Crippen molar-refractivity contribution in [2.75, 3.05) is 0 Å². The molecular weight excluding hydrogens is 270 g/mol. The van der Waals surface area contributed by atoms with Gasteiger partial charge in [0.05, 0.1) is 0 Å². The number of hydrogen-bond acceptors (Lipinski definition) is 3. The summed E-state index contributed by atoms with van der Waals surface area (Å²) in [6, 6.07) is 6.43. The van der Waals surface area contributed by atoms with Crippen LogP contribution in [0.5, 0.6) is 0 Å². The maximum Gasteiger partial charge on any atom is 0.326 e. The number of hydrogen-bond donors (Lipinski definition) is 3. The molecule has 0 aromatic heterocycles. The van der Waals surface area contributed by atoms with Crippen molar-refractivity contribution in [1.82, 2.24) is 5.32 Å². The third kappa shape index (κ3) is 5.95. The van der Waals surface area contributed by atoms with Gasteiger partial charge in [0.15, 0.2) is 0 Å². The molecule has 0 saturated carbocycles. The maximum atomic E-state index is 11.8. The summed E-state index contributed by atoms with van der Waals surface area (Å²) in [5.74, 6) is -1.59. The first kappa shape index (κ1) is 17.2. The second-order valence-electron chi connectivity index (χ2n) is 5.74. The number of amides is 1. The molecule has 3 N–H and O–H groups in total. The summed E-state index contributed by atoms with van der Waals surface area (Å²) in [6.45, 7) is 5.69. The first-order chi connectivity index (χ1) is 9.79. The van der Waals surface area contributed by atoms with E-state index >= 15 is 0 Å². The predicted molar refractivity (Wildman–Crippen MR) is 79.9 cm³/mol. The summed E-state index contributed by atoms with van der Waals surface area (Å²) in [5, 5.41) is 21.3. The van der Waals surface area contributed by atoms with E-state index in [1.165, 1.54) is 0 Å². The molecule has 116 valence electrons. The Kier molecular flexibility index (Phi) is 6.37. The number of nitrogens with one attached hydrogen (secondary N) is 1. The summed E-state index contributed by atoms with van der Waals surface area (Å²) >= 11 is 0. The highest BCUT2D eigenvalue weighted by atomic mass is 16.4. The van der Waals surface area contributed by atoms with Crippen molar-refractivity contribution in [3.8, 4) is 0 Å². The lowest BCUT2D eigenvalue weighted by molar-refractivity contribution is -0.143. The number of carbonyl (C=O) groups is 2. The smallest absolute Gasteiger partial charge is 0.326 e. The van der Waals surface area contributed by atoms with Crippen LogP contribution >= 0.6 is 0 Å². The highest BCUT2D eigenvalue weighted by Crippen LogP contribution is 2.09. The molecule has 0 saturated heterocycles. The lowest BCUT2D eigenvalue weighted by Gasteiger charge is -2.18. The second kappa shape index (κ2) is 7.78. The Labute approximate surface area is 125 Å². The zero-order valence-electron chi connectivity index (χ0n) is 12.7. The largest absolute Gasteiger partial charge is 0.480 e. The lowest BCUT2D eigenvalue weighted by atomic mass is 10.0. The van der Waals surface area contributed by atoms with Crippen molar-refractivity contribution < 1.29 is 19.8 Å². The van der Waals surface area contributed by atoms with E-state index < -0.39 is 24.0 Å². The van der Waals surface area contributed by atoms with Crippen LogP contribution in [0.1, 0.15) is 31.4 Å². The van der Waals surface area contributed by atoms with Crippen LogP contribution in [0.2, 0.25) is 0 Å². The standard InChI is InChI=1S/C16H23NO4/c1-10(2)7-14(18)15(19)17-13(16(20)21)9-12-6-4-5-11(3)8-12/h4-6,8,10,13-14,18H,7,9H2,1-3H3,(H,17,19)(H,20,21)/t13-,14+/m1/s1. The van der Waals surface area contributed by atoms with Gasteiger partial charge in [-0.05, 0) is 24.8 Å². The van der Waals surface area contributed by atoms with E-state index in [1.807, 2.05) is 45.0 Å². The normalized spacial score (nSPS) is 13.8. The van der Waals surface area contributed by atoms with Crippen LogP contribution in [0.3, 0.4) is 0 Å². The average molecular weight is 293 g/mol. The van der Waals surface area contributed by atoms with Gasteiger partial charge in [0.1, 0.15) is 12.1 Å². The number of carboxylic acids is 1. The van der Waals surface area contributed by atoms with Crippen molar-refractivity contribution in [1.29, 1.82) is 0 Å². The summed E-state index contributed by atoms with van der Waals surface area (Å²) in [7, 11) is 0. The van der Waals surface area contributed by atoms with Crippen molar-refractivity contribution in [3.63, 3.8) is 0 Å². The van der Waals surface area contributed by atoms with Gasteiger partial charge in [-0.25, -0.2) is 4.79 Å². The number of carboxylic acid groups (broad SMARTS) is 1. The number of rotatable bonds is 7. The van der Waals surface area contributed by atoms with Crippen molar-refractivity contribution in [3.05, 3.63) is 35.4 Å². The fourth-order valence-corrected chi connectivity index (χ4v) is 2.10. The molecule has 0 bridgehead atoms. The number of aliphatic carboxylic acids is 1. The van der Waals surface area contributed by atoms with Crippen LogP contribution in [0, 0.1) is 12.8 Å². The quantitative estimate of drug-likeness (QED) is 0.711. The minimum absolute atomic E-state index is 0.158. The van der Waals surface area contributed by atoms with Gasteiger partial charge in [-0.2, -0.15) is 0 Å². The predicted octanol–water partition coefficient (Wildman–Crippen LogP) is 1.51. The molecule has 2 atom stereocenters. The molecule has 0 aliphatic rings. The third-order valence-electron chi connectivity index (χ3n) is 3.13. The van der Waals surface area contributed by atoms with Crippen LogP contribution in [0.15, 0.2) is 24.3 Å². The van der Waals surface area contributed by atoms with Gasteiger partial charge in [0.2, 0.25) is 5.91 Å². The molecular formula is C16H23NO4. The monoisotopic (exact) mass is 293 g/mol. The zero-order chi connectivity index (χ0) is 16.0. The SMILES string of the molecule is Cc1cccc(C[C@@H](NC(=O)[C@@H](O)CC(C)C)C(=O)O)c1. The topological polar surface area (TPSA) is 86.6 Å². The Balaban J connectivity index is 2.70. The molecule has 1 aromatic carbocycles. The minimum Gasteiger partial charge on any atom is -0.480 e. The van der Waals surface area contributed by atoms with Gasteiger partial charge < -0.3 is 15.5 Å². The molecule has 0 heterocycles. The van der Waals surface area contributed by atoms with E-state index in [0.717, 1.165) is 11.1 Å². The molecule has 5 heteroatoms. The van der Waals surface area contributed by atoms with Gasteiger partial charge in [-0.3, -0.25) is 4.79 Å². The van der Waals surface area contributed by atoms with E-state index in [0.29, 0.717) is 6.42 Å². The number of aliphatic hydroxyl groups is 1. The van der Waals surface area contributed by atoms with E-state index in [1.54, 1.807) is 0 Å².